The minimum absolute atomic E-state index is 0. The lowest BCUT2D eigenvalue weighted by Crippen LogP contribution is -2.49. The number of oxazole rings is 1. The molecule has 0 spiro atoms. The van der Waals surface area contributed by atoms with Gasteiger partial charge in [-0.05, 0) is 24.6 Å². The van der Waals surface area contributed by atoms with Crippen molar-refractivity contribution in [2.24, 2.45) is 0 Å². The van der Waals surface area contributed by atoms with Crippen molar-refractivity contribution in [1.82, 2.24) is 20.1 Å². The van der Waals surface area contributed by atoms with E-state index in [-0.39, 0.29) is 30.7 Å². The van der Waals surface area contributed by atoms with Crippen LogP contribution < -0.4 is 14.8 Å². The fraction of sp³-hybridized carbons (Fsp3) is 0.500. The molecule has 0 aliphatic carbocycles. The third-order valence-corrected chi connectivity index (χ3v) is 5.69. The van der Waals surface area contributed by atoms with E-state index >= 15 is 0 Å². The van der Waals surface area contributed by atoms with Gasteiger partial charge in [0.2, 0.25) is 0 Å². The van der Waals surface area contributed by atoms with E-state index in [0.29, 0.717) is 42.2 Å². The molecule has 1 aromatic carbocycles. The van der Waals surface area contributed by atoms with Gasteiger partial charge in [-0.25, -0.2) is 4.98 Å². The van der Waals surface area contributed by atoms with Crippen LogP contribution in [0.15, 0.2) is 29.0 Å². The summed E-state index contributed by atoms with van der Waals surface area (Å²) in [4.78, 5) is 21.7. The molecule has 8 nitrogen and oxygen atoms in total. The number of benzene rings is 1. The number of piperazine rings is 1. The zero-order chi connectivity index (χ0) is 18.9. The Balaban J connectivity index is 0.00000128. The van der Waals surface area contributed by atoms with Crippen molar-refractivity contribution in [3.8, 4) is 22.8 Å². The first-order valence-corrected chi connectivity index (χ1v) is 9.87. The summed E-state index contributed by atoms with van der Waals surface area (Å²) in [6.45, 7) is 6.66. The summed E-state index contributed by atoms with van der Waals surface area (Å²) in [6, 6.07) is 5.99. The number of ether oxygens (including phenoxy) is 2. The lowest BCUT2D eigenvalue weighted by atomic mass is 10.1. The lowest BCUT2D eigenvalue weighted by Gasteiger charge is -2.32. The fourth-order valence-electron chi connectivity index (χ4n) is 4.21. The maximum absolute atomic E-state index is 13.1. The van der Waals surface area contributed by atoms with Crippen molar-refractivity contribution >= 4 is 30.7 Å². The van der Waals surface area contributed by atoms with Crippen molar-refractivity contribution in [1.29, 1.82) is 0 Å². The number of carbonyl (C=O) groups excluding carboxylic acids is 1. The number of halogens is 2. The first kappa shape index (κ1) is 22.7. The van der Waals surface area contributed by atoms with Gasteiger partial charge in [0.25, 0.3) is 5.91 Å². The molecule has 1 atom stereocenters. The van der Waals surface area contributed by atoms with Crippen LogP contribution in [0.5, 0.6) is 11.5 Å². The second kappa shape index (κ2) is 9.87. The molecule has 1 amide bonds. The van der Waals surface area contributed by atoms with E-state index in [1.54, 1.807) is 0 Å². The highest BCUT2D eigenvalue weighted by molar-refractivity contribution is 5.98. The maximum atomic E-state index is 13.1. The zero-order valence-corrected chi connectivity index (χ0v) is 18.2. The number of nitrogens with zero attached hydrogens (tertiary/aromatic N) is 3. The van der Waals surface area contributed by atoms with E-state index in [2.05, 4.69) is 15.2 Å². The standard InChI is InChI=1S/C20H24N4O4.2ClH/c25-20(24-6-3-15(12-24)23-7-4-21-5-8-23)18-19(28-13-22-18)14-1-2-16-17(11-14)27-10-9-26-16;;/h1-2,11,13,15,21H,3-10,12H2;2*1H. The van der Waals surface area contributed by atoms with Crippen LogP contribution in [0.4, 0.5) is 0 Å². The number of carbonyl (C=O) groups is 1. The molecule has 0 bridgehead atoms. The molecule has 4 heterocycles. The van der Waals surface area contributed by atoms with Gasteiger partial charge < -0.3 is 24.1 Å². The fourth-order valence-corrected chi connectivity index (χ4v) is 4.21. The number of likely N-dealkylation sites (tertiary alicyclic amines) is 1. The highest BCUT2D eigenvalue weighted by Gasteiger charge is 2.33. The molecule has 3 aliphatic rings. The van der Waals surface area contributed by atoms with Crippen LogP contribution >= 0.6 is 24.8 Å². The Labute approximate surface area is 187 Å². The molecule has 3 aliphatic heterocycles. The summed E-state index contributed by atoms with van der Waals surface area (Å²) in [5, 5.41) is 3.38. The number of fused-ring (bicyclic) bond motifs is 1. The second-order valence-electron chi connectivity index (χ2n) is 7.37. The summed E-state index contributed by atoms with van der Waals surface area (Å²) >= 11 is 0. The average Bonchev–Trinajstić information content (AvgIpc) is 3.44. The monoisotopic (exact) mass is 456 g/mol. The van der Waals surface area contributed by atoms with Crippen LogP contribution in [0.2, 0.25) is 0 Å². The number of amides is 1. The topological polar surface area (TPSA) is 80.1 Å². The van der Waals surface area contributed by atoms with Gasteiger partial charge >= 0.3 is 0 Å². The molecule has 0 radical (unpaired) electrons. The maximum Gasteiger partial charge on any atom is 0.276 e. The van der Waals surface area contributed by atoms with Crippen LogP contribution in [0.1, 0.15) is 16.9 Å². The van der Waals surface area contributed by atoms with Crippen molar-refractivity contribution < 1.29 is 18.7 Å². The van der Waals surface area contributed by atoms with Crippen LogP contribution in [-0.4, -0.2) is 79.2 Å². The molecule has 0 saturated carbocycles. The predicted octanol–water partition coefficient (Wildman–Crippen LogP) is 2.08. The minimum atomic E-state index is -0.0729. The smallest absolute Gasteiger partial charge is 0.276 e. The molecule has 1 unspecified atom stereocenters. The quantitative estimate of drug-likeness (QED) is 0.756. The van der Waals surface area contributed by atoms with E-state index in [0.717, 1.165) is 51.3 Å². The summed E-state index contributed by atoms with van der Waals surface area (Å²) in [5.74, 6) is 1.78. The largest absolute Gasteiger partial charge is 0.486 e. The molecule has 30 heavy (non-hydrogen) atoms. The third kappa shape index (κ3) is 4.37. The summed E-state index contributed by atoms with van der Waals surface area (Å²) in [5.41, 5.74) is 1.13. The van der Waals surface area contributed by atoms with E-state index in [9.17, 15) is 4.79 Å². The Morgan fingerprint density at radius 1 is 1.07 bits per heavy atom. The van der Waals surface area contributed by atoms with Gasteiger partial charge in [-0.1, -0.05) is 0 Å². The predicted molar refractivity (Wildman–Crippen MR) is 116 cm³/mol. The second-order valence-corrected chi connectivity index (χ2v) is 7.37. The van der Waals surface area contributed by atoms with Crippen molar-refractivity contribution in [3.05, 3.63) is 30.3 Å². The van der Waals surface area contributed by atoms with Crippen LogP contribution in [0.25, 0.3) is 11.3 Å². The molecule has 2 fully saturated rings. The average molecular weight is 457 g/mol. The lowest BCUT2D eigenvalue weighted by molar-refractivity contribution is 0.0768. The van der Waals surface area contributed by atoms with Gasteiger partial charge in [0, 0.05) is 50.9 Å². The van der Waals surface area contributed by atoms with E-state index in [4.69, 9.17) is 13.9 Å². The van der Waals surface area contributed by atoms with Gasteiger partial charge in [0.1, 0.15) is 13.2 Å². The van der Waals surface area contributed by atoms with E-state index < -0.39 is 0 Å². The summed E-state index contributed by atoms with van der Waals surface area (Å²) in [6.07, 6.45) is 2.34. The van der Waals surface area contributed by atoms with Crippen molar-refractivity contribution in [3.63, 3.8) is 0 Å². The highest BCUT2D eigenvalue weighted by atomic mass is 35.5. The van der Waals surface area contributed by atoms with Gasteiger partial charge in [0.05, 0.1) is 0 Å². The molecule has 164 valence electrons. The first-order valence-electron chi connectivity index (χ1n) is 9.87. The number of nitrogens with one attached hydrogen (secondary N) is 1. The molecule has 1 N–H and O–H groups in total. The minimum Gasteiger partial charge on any atom is -0.486 e. The Kier molecular flexibility index (Phi) is 7.46. The highest BCUT2D eigenvalue weighted by Crippen LogP contribution is 2.36. The Bertz CT molecular complexity index is 872. The molecule has 2 aromatic rings. The zero-order valence-electron chi connectivity index (χ0n) is 16.5. The third-order valence-electron chi connectivity index (χ3n) is 5.69. The number of hydrogen-bond acceptors (Lipinski definition) is 7. The van der Waals surface area contributed by atoms with E-state index in [1.807, 2.05) is 23.1 Å². The van der Waals surface area contributed by atoms with Crippen LogP contribution in [-0.2, 0) is 0 Å². The molecule has 2 saturated heterocycles. The molecule has 1 aromatic heterocycles. The van der Waals surface area contributed by atoms with Crippen LogP contribution in [0, 0.1) is 0 Å². The first-order chi connectivity index (χ1) is 13.8. The van der Waals surface area contributed by atoms with E-state index in [1.165, 1.54) is 6.39 Å². The Morgan fingerprint density at radius 2 is 1.83 bits per heavy atom. The van der Waals surface area contributed by atoms with Gasteiger partial charge in [-0.2, -0.15) is 0 Å². The van der Waals surface area contributed by atoms with Crippen molar-refractivity contribution in [2.45, 2.75) is 12.5 Å². The molecule has 5 rings (SSSR count). The number of hydrogen-bond donors (Lipinski definition) is 1. The molecular weight excluding hydrogens is 431 g/mol. The van der Waals surface area contributed by atoms with Gasteiger partial charge in [-0.15, -0.1) is 24.8 Å². The molecule has 10 heteroatoms. The number of aromatic nitrogens is 1. The van der Waals surface area contributed by atoms with Crippen LogP contribution in [0.3, 0.4) is 0 Å². The SMILES string of the molecule is Cl.Cl.O=C(c1ncoc1-c1ccc2c(c1)OCCO2)N1CCC(N2CCNCC2)C1. The Morgan fingerprint density at radius 3 is 2.63 bits per heavy atom. The summed E-state index contributed by atoms with van der Waals surface area (Å²) < 4.78 is 16.8. The molecular formula is C20H26Cl2N4O4. The van der Waals surface area contributed by atoms with Crippen molar-refractivity contribution in [2.75, 3.05) is 52.5 Å². The number of rotatable bonds is 3. The Hall–Kier alpha value is -2.00. The summed E-state index contributed by atoms with van der Waals surface area (Å²) in [7, 11) is 0. The van der Waals surface area contributed by atoms with Gasteiger partial charge in [0.15, 0.2) is 29.3 Å². The normalized spacial score (nSPS) is 20.9. The van der Waals surface area contributed by atoms with Gasteiger partial charge in [-0.3, -0.25) is 9.69 Å².